The Morgan fingerprint density at radius 1 is 1.00 bits per heavy atom. The van der Waals surface area contributed by atoms with Crippen LogP contribution < -0.4 is 5.32 Å². The first-order chi connectivity index (χ1) is 12.8. The molecule has 0 spiro atoms. The molecule has 0 saturated heterocycles. The van der Waals surface area contributed by atoms with Crippen molar-refractivity contribution in [2.75, 3.05) is 18.4 Å². The van der Waals surface area contributed by atoms with Crippen LogP contribution in [0.5, 0.6) is 0 Å². The van der Waals surface area contributed by atoms with Gasteiger partial charge in [-0.05, 0) is 51.0 Å². The van der Waals surface area contributed by atoms with E-state index in [1.54, 1.807) is 30.3 Å². The van der Waals surface area contributed by atoms with Crippen LogP contribution in [0.3, 0.4) is 0 Å². The number of amides is 1. The van der Waals surface area contributed by atoms with E-state index < -0.39 is 10.0 Å². The van der Waals surface area contributed by atoms with Crippen LogP contribution in [-0.2, 0) is 14.8 Å². The lowest BCUT2D eigenvalue weighted by atomic mass is 10.1. The van der Waals surface area contributed by atoms with Crippen molar-refractivity contribution in [3.63, 3.8) is 0 Å². The predicted octanol–water partition coefficient (Wildman–Crippen LogP) is 3.57. The van der Waals surface area contributed by atoms with Gasteiger partial charge in [-0.25, -0.2) is 8.42 Å². The third-order valence-corrected chi connectivity index (χ3v) is 6.63. The van der Waals surface area contributed by atoms with Gasteiger partial charge in [0.05, 0.1) is 4.90 Å². The van der Waals surface area contributed by atoms with Crippen LogP contribution in [0, 0.1) is 20.8 Å². The molecule has 0 fully saturated rings. The van der Waals surface area contributed by atoms with E-state index in [-0.39, 0.29) is 17.3 Å². The molecular weight excluding hydrogens is 360 g/mol. The number of benzene rings is 2. The van der Waals surface area contributed by atoms with Crippen LogP contribution in [0.15, 0.2) is 59.0 Å². The highest BCUT2D eigenvalue weighted by molar-refractivity contribution is 7.89. The van der Waals surface area contributed by atoms with Gasteiger partial charge in [-0.2, -0.15) is 4.31 Å². The first-order valence-corrected chi connectivity index (χ1v) is 10.4. The van der Waals surface area contributed by atoms with Crippen molar-refractivity contribution in [2.45, 2.75) is 32.1 Å². The fraction of sp³-hybridized carbons (Fsp3) is 0.286. The zero-order valence-electron chi connectivity index (χ0n) is 15.8. The van der Waals surface area contributed by atoms with E-state index in [1.165, 1.54) is 4.31 Å². The molecule has 1 aliphatic rings. The van der Waals surface area contributed by atoms with Gasteiger partial charge < -0.3 is 5.32 Å². The number of nitrogens with one attached hydrogen (secondary N) is 1. The van der Waals surface area contributed by atoms with Gasteiger partial charge in [-0.1, -0.05) is 41.5 Å². The van der Waals surface area contributed by atoms with E-state index in [4.69, 9.17) is 0 Å². The number of hydrogen-bond acceptors (Lipinski definition) is 3. The van der Waals surface area contributed by atoms with Crippen LogP contribution in [0.1, 0.15) is 23.1 Å². The highest BCUT2D eigenvalue weighted by atomic mass is 32.2. The Balaban J connectivity index is 1.70. The van der Waals surface area contributed by atoms with Crippen molar-refractivity contribution in [3.8, 4) is 0 Å². The molecule has 0 aromatic heterocycles. The van der Waals surface area contributed by atoms with Crippen molar-refractivity contribution in [3.05, 3.63) is 70.8 Å². The minimum absolute atomic E-state index is 0.172. The molecule has 142 valence electrons. The van der Waals surface area contributed by atoms with Crippen molar-refractivity contribution < 1.29 is 13.2 Å². The second-order valence-corrected chi connectivity index (χ2v) is 8.87. The van der Waals surface area contributed by atoms with Crippen molar-refractivity contribution in [1.82, 2.24) is 4.31 Å². The maximum absolute atomic E-state index is 12.7. The normalized spacial score (nSPS) is 15.3. The Kier molecular flexibility index (Phi) is 5.48. The third-order valence-electron chi connectivity index (χ3n) is 4.75. The van der Waals surface area contributed by atoms with Gasteiger partial charge in [-0.15, -0.1) is 0 Å². The van der Waals surface area contributed by atoms with Crippen molar-refractivity contribution in [1.29, 1.82) is 0 Å². The lowest BCUT2D eigenvalue weighted by Crippen LogP contribution is -2.36. The first-order valence-electron chi connectivity index (χ1n) is 8.92. The van der Waals surface area contributed by atoms with E-state index in [0.717, 1.165) is 22.4 Å². The van der Waals surface area contributed by atoms with Gasteiger partial charge in [0.25, 0.3) is 5.91 Å². The van der Waals surface area contributed by atoms with E-state index in [2.05, 4.69) is 5.32 Å². The maximum Gasteiger partial charge on any atom is 0.251 e. The monoisotopic (exact) mass is 384 g/mol. The van der Waals surface area contributed by atoms with Gasteiger partial charge in [0.15, 0.2) is 0 Å². The number of hydrogen-bond donors (Lipinski definition) is 1. The summed E-state index contributed by atoms with van der Waals surface area (Å²) in [7, 11) is -3.54. The van der Waals surface area contributed by atoms with Crippen LogP contribution >= 0.6 is 0 Å². The maximum atomic E-state index is 12.7. The van der Waals surface area contributed by atoms with Crippen LogP contribution in [-0.4, -0.2) is 31.7 Å². The minimum Gasteiger partial charge on any atom is -0.322 e. The largest absolute Gasteiger partial charge is 0.322 e. The average molecular weight is 385 g/mol. The van der Waals surface area contributed by atoms with Gasteiger partial charge in [0, 0.05) is 24.4 Å². The third kappa shape index (κ3) is 4.28. The molecule has 0 saturated carbocycles. The summed E-state index contributed by atoms with van der Waals surface area (Å²) in [6, 6.07) is 12.7. The van der Waals surface area contributed by atoms with Gasteiger partial charge >= 0.3 is 0 Å². The molecule has 5 nitrogen and oxygen atoms in total. The molecule has 27 heavy (non-hydrogen) atoms. The van der Waals surface area contributed by atoms with Crippen LogP contribution in [0.25, 0.3) is 0 Å². The standard InChI is InChI=1S/C21H24N2O3S/c1-15-4-7-19(8-5-15)27(25,26)23-12-10-18(11-13-23)21(24)22-20-9-6-16(2)14-17(20)3/h4-10,14H,11-13H2,1-3H3,(H,22,24). The van der Waals surface area contributed by atoms with Crippen molar-refractivity contribution >= 4 is 21.6 Å². The molecule has 0 bridgehead atoms. The van der Waals surface area contributed by atoms with Gasteiger partial charge in [-0.3, -0.25) is 4.79 Å². The van der Waals surface area contributed by atoms with Crippen molar-refractivity contribution in [2.24, 2.45) is 0 Å². The Bertz CT molecular complexity index is 993. The number of anilines is 1. The highest BCUT2D eigenvalue weighted by Gasteiger charge is 2.27. The van der Waals surface area contributed by atoms with Crippen LogP contribution in [0.4, 0.5) is 5.69 Å². The smallest absolute Gasteiger partial charge is 0.251 e. The molecule has 1 heterocycles. The molecule has 0 unspecified atom stereocenters. The zero-order valence-corrected chi connectivity index (χ0v) is 16.6. The Labute approximate surface area is 160 Å². The Morgan fingerprint density at radius 2 is 1.67 bits per heavy atom. The fourth-order valence-electron chi connectivity index (χ4n) is 3.09. The van der Waals surface area contributed by atoms with Gasteiger partial charge in [0.1, 0.15) is 0 Å². The number of carbonyl (C=O) groups excluding carboxylic acids is 1. The molecule has 1 amide bonds. The average Bonchev–Trinajstić information content (AvgIpc) is 2.64. The summed E-state index contributed by atoms with van der Waals surface area (Å²) < 4.78 is 26.9. The molecule has 0 radical (unpaired) electrons. The molecular formula is C21H24N2O3S. The van der Waals surface area contributed by atoms with E-state index >= 15 is 0 Å². The first kappa shape index (κ1) is 19.3. The summed E-state index contributed by atoms with van der Waals surface area (Å²) in [5, 5.41) is 2.92. The molecule has 2 aromatic carbocycles. The summed E-state index contributed by atoms with van der Waals surface area (Å²) in [5.41, 5.74) is 4.55. The number of nitrogens with zero attached hydrogens (tertiary/aromatic N) is 1. The molecule has 0 atom stereocenters. The summed E-state index contributed by atoms with van der Waals surface area (Å²) in [5.74, 6) is -0.172. The quantitative estimate of drug-likeness (QED) is 0.876. The molecule has 2 aromatic rings. The Hall–Kier alpha value is -2.44. The lowest BCUT2D eigenvalue weighted by Gasteiger charge is -2.25. The second-order valence-electron chi connectivity index (χ2n) is 6.93. The molecule has 6 heteroatoms. The van der Waals surface area contributed by atoms with Crippen LogP contribution in [0.2, 0.25) is 0 Å². The fourth-order valence-corrected chi connectivity index (χ4v) is 4.47. The molecule has 0 aliphatic carbocycles. The summed E-state index contributed by atoms with van der Waals surface area (Å²) in [6.45, 7) is 6.37. The topological polar surface area (TPSA) is 66.5 Å². The molecule has 3 rings (SSSR count). The Morgan fingerprint density at radius 3 is 2.26 bits per heavy atom. The lowest BCUT2D eigenvalue weighted by molar-refractivity contribution is -0.113. The zero-order chi connectivity index (χ0) is 19.6. The number of sulfonamides is 1. The molecule has 1 N–H and O–H groups in total. The van der Waals surface area contributed by atoms with E-state index in [1.807, 2.05) is 39.0 Å². The van der Waals surface area contributed by atoms with Gasteiger partial charge in [0.2, 0.25) is 10.0 Å². The highest BCUT2D eigenvalue weighted by Crippen LogP contribution is 2.23. The summed E-state index contributed by atoms with van der Waals surface area (Å²) in [4.78, 5) is 12.8. The van der Waals surface area contributed by atoms with E-state index in [9.17, 15) is 13.2 Å². The SMILES string of the molecule is Cc1ccc(S(=O)(=O)N2CC=C(C(=O)Nc3ccc(C)cc3C)CC2)cc1. The number of aryl methyl sites for hydroxylation is 3. The van der Waals surface area contributed by atoms with E-state index in [0.29, 0.717) is 18.5 Å². The predicted molar refractivity (Wildman–Crippen MR) is 107 cm³/mol. The molecule has 1 aliphatic heterocycles. The summed E-state index contributed by atoms with van der Waals surface area (Å²) >= 11 is 0. The summed E-state index contributed by atoms with van der Waals surface area (Å²) in [6.07, 6.45) is 2.09. The minimum atomic E-state index is -3.54. The number of carbonyl (C=O) groups is 1. The second kappa shape index (κ2) is 7.66. The number of rotatable bonds is 4.